The topological polar surface area (TPSA) is 83.8 Å². The summed E-state index contributed by atoms with van der Waals surface area (Å²) >= 11 is 1.60. The molecule has 1 spiro atoms. The third-order valence-electron chi connectivity index (χ3n) is 7.01. The Balaban J connectivity index is 1.54. The van der Waals surface area contributed by atoms with Gasteiger partial charge in [0.2, 0.25) is 5.91 Å². The third kappa shape index (κ3) is 3.04. The Hall–Kier alpha value is -2.00. The first-order chi connectivity index (χ1) is 15.1. The zero-order valence-electron chi connectivity index (χ0n) is 17.4. The summed E-state index contributed by atoms with van der Waals surface area (Å²) in [5.41, 5.74) is -1.32. The number of halogens is 3. The number of benzene rings is 1. The molecule has 1 amide bonds. The summed E-state index contributed by atoms with van der Waals surface area (Å²) in [6, 6.07) is 5.51. The molecule has 4 heterocycles. The van der Waals surface area contributed by atoms with Crippen molar-refractivity contribution in [2.24, 2.45) is 11.8 Å². The quantitative estimate of drug-likeness (QED) is 0.663. The Bertz CT molecular complexity index is 1000. The van der Waals surface area contributed by atoms with Crippen LogP contribution in [0.25, 0.3) is 0 Å². The van der Waals surface area contributed by atoms with Crippen LogP contribution in [-0.4, -0.2) is 48.1 Å². The molecule has 0 saturated carbocycles. The zero-order valence-corrected chi connectivity index (χ0v) is 18.3. The summed E-state index contributed by atoms with van der Waals surface area (Å²) in [6.45, 7) is 4.35. The summed E-state index contributed by atoms with van der Waals surface area (Å²) in [5.74, 6) is -0.705. The Kier molecular flexibility index (Phi) is 4.94. The number of rotatable bonds is 5. The van der Waals surface area contributed by atoms with Gasteiger partial charge >= 0.3 is 6.36 Å². The fraction of sp³-hybridized carbons (Fsp3) is 0.619. The van der Waals surface area contributed by atoms with E-state index in [4.69, 9.17) is 9.47 Å². The number of anilines is 1. The number of amides is 1. The van der Waals surface area contributed by atoms with Crippen LogP contribution in [0.15, 0.2) is 18.2 Å². The van der Waals surface area contributed by atoms with E-state index in [0.717, 1.165) is 11.8 Å². The average molecular weight is 469 g/mol. The standard InChI is InChI=1S/C21H22F3N3O4S/c1-3-32-26-14-9-19(2)15-16-18(29-7-6-20(14,16)31-19)27(17(15)28)12-5-4-11(10-25)13(8-12)30-21(22,23)24/h4-5,8,14-16,18,26H,3,6-7,9H2,1-2H3/t14?,15-,16+,18+,19?,20?/m1/s1. The minimum absolute atomic E-state index is 0.0444. The molecule has 4 aliphatic rings. The highest BCUT2D eigenvalue weighted by molar-refractivity contribution is 7.97. The van der Waals surface area contributed by atoms with Crippen LogP contribution in [0.1, 0.15) is 32.3 Å². The molecule has 1 aromatic rings. The van der Waals surface area contributed by atoms with Gasteiger partial charge in [-0.2, -0.15) is 5.26 Å². The lowest BCUT2D eigenvalue weighted by Crippen LogP contribution is -2.60. The molecule has 32 heavy (non-hydrogen) atoms. The van der Waals surface area contributed by atoms with Crippen LogP contribution in [0, 0.1) is 23.2 Å². The number of ether oxygens (including phenoxy) is 3. The van der Waals surface area contributed by atoms with Crippen molar-refractivity contribution in [2.75, 3.05) is 17.3 Å². The van der Waals surface area contributed by atoms with Crippen LogP contribution < -0.4 is 14.4 Å². The number of alkyl halides is 3. The highest BCUT2D eigenvalue weighted by Crippen LogP contribution is 2.65. The monoisotopic (exact) mass is 469 g/mol. The predicted octanol–water partition coefficient (Wildman–Crippen LogP) is 3.34. The Labute approximate surface area is 187 Å². The van der Waals surface area contributed by atoms with Crippen molar-refractivity contribution >= 4 is 23.5 Å². The number of nitrogens with zero attached hydrogens (tertiary/aromatic N) is 2. The van der Waals surface area contributed by atoms with Crippen LogP contribution in [0.5, 0.6) is 5.75 Å². The second-order valence-electron chi connectivity index (χ2n) is 8.74. The zero-order chi connectivity index (χ0) is 22.9. The fourth-order valence-corrected chi connectivity index (χ4v) is 6.66. The Morgan fingerprint density at radius 1 is 1.44 bits per heavy atom. The molecule has 6 atom stereocenters. The molecule has 11 heteroatoms. The van der Waals surface area contributed by atoms with E-state index in [9.17, 15) is 23.2 Å². The maximum Gasteiger partial charge on any atom is 0.573 e. The average Bonchev–Trinajstić information content (AvgIpc) is 3.29. The van der Waals surface area contributed by atoms with Crippen LogP contribution in [0.2, 0.25) is 0 Å². The first kappa shape index (κ1) is 21.8. The summed E-state index contributed by atoms with van der Waals surface area (Å²) < 4.78 is 58.8. The molecule has 0 aromatic heterocycles. The van der Waals surface area contributed by atoms with Gasteiger partial charge in [-0.15, -0.1) is 13.2 Å². The van der Waals surface area contributed by atoms with Crippen molar-refractivity contribution in [3.05, 3.63) is 23.8 Å². The molecule has 1 N–H and O–H groups in total. The van der Waals surface area contributed by atoms with E-state index in [1.807, 2.05) is 13.8 Å². The largest absolute Gasteiger partial charge is 0.573 e. The summed E-state index contributed by atoms with van der Waals surface area (Å²) in [7, 11) is 0. The second-order valence-corrected chi connectivity index (χ2v) is 9.84. The smallest absolute Gasteiger partial charge is 0.404 e. The van der Waals surface area contributed by atoms with E-state index < -0.39 is 35.5 Å². The lowest BCUT2D eigenvalue weighted by atomic mass is 9.64. The number of carbonyl (C=O) groups excluding carboxylic acids is 1. The first-order valence-corrected chi connectivity index (χ1v) is 11.4. The van der Waals surface area contributed by atoms with E-state index in [1.54, 1.807) is 18.0 Å². The number of nitriles is 1. The van der Waals surface area contributed by atoms with Gasteiger partial charge in [-0.1, -0.05) is 18.9 Å². The van der Waals surface area contributed by atoms with Crippen LogP contribution in [-0.2, 0) is 14.3 Å². The molecule has 3 unspecified atom stereocenters. The van der Waals surface area contributed by atoms with E-state index in [2.05, 4.69) is 9.46 Å². The van der Waals surface area contributed by atoms with Crippen LogP contribution >= 0.6 is 11.9 Å². The summed E-state index contributed by atoms with van der Waals surface area (Å²) in [6.07, 6.45) is -4.31. The van der Waals surface area contributed by atoms with Crippen molar-refractivity contribution in [3.8, 4) is 11.8 Å². The Morgan fingerprint density at radius 3 is 2.91 bits per heavy atom. The van der Waals surface area contributed by atoms with Gasteiger partial charge in [0.15, 0.2) is 0 Å². The number of carbonyl (C=O) groups is 1. The highest BCUT2D eigenvalue weighted by atomic mass is 32.2. The van der Waals surface area contributed by atoms with Crippen molar-refractivity contribution in [2.45, 2.75) is 56.5 Å². The second kappa shape index (κ2) is 7.25. The molecule has 2 bridgehead atoms. The predicted molar refractivity (Wildman–Crippen MR) is 109 cm³/mol. The van der Waals surface area contributed by atoms with Crippen molar-refractivity contribution in [1.29, 1.82) is 5.26 Å². The molecule has 172 valence electrons. The number of fused-ring (bicyclic) bond motifs is 2. The van der Waals surface area contributed by atoms with Crippen LogP contribution in [0.4, 0.5) is 18.9 Å². The van der Waals surface area contributed by atoms with E-state index >= 15 is 0 Å². The van der Waals surface area contributed by atoms with Crippen LogP contribution in [0.3, 0.4) is 0 Å². The third-order valence-corrected chi connectivity index (χ3v) is 7.75. The SMILES string of the molecule is CCSNC1CC2(C)OC13CCO[C@H]1[C@@H]3[C@@H]2C(=O)N1c1ccc(C#N)c(OC(F)(F)F)c1. The molecule has 5 rings (SSSR count). The molecule has 4 saturated heterocycles. The minimum Gasteiger partial charge on any atom is -0.404 e. The van der Waals surface area contributed by atoms with Crippen molar-refractivity contribution < 1.29 is 32.2 Å². The van der Waals surface area contributed by atoms with Crippen molar-refractivity contribution in [3.63, 3.8) is 0 Å². The molecule has 0 radical (unpaired) electrons. The maximum atomic E-state index is 13.6. The van der Waals surface area contributed by atoms with Gasteiger partial charge in [-0.05, 0) is 25.5 Å². The minimum atomic E-state index is -4.96. The van der Waals surface area contributed by atoms with E-state index in [1.165, 1.54) is 17.0 Å². The van der Waals surface area contributed by atoms with Gasteiger partial charge in [0.05, 0.1) is 35.0 Å². The summed E-state index contributed by atoms with van der Waals surface area (Å²) in [4.78, 5) is 15.0. The lowest BCUT2D eigenvalue weighted by molar-refractivity contribution is -0.274. The van der Waals surface area contributed by atoms with Gasteiger partial charge < -0.3 is 14.2 Å². The van der Waals surface area contributed by atoms with E-state index in [0.29, 0.717) is 19.4 Å². The van der Waals surface area contributed by atoms with Gasteiger partial charge in [0, 0.05) is 30.2 Å². The molecule has 4 aliphatic heterocycles. The Morgan fingerprint density at radius 2 is 2.22 bits per heavy atom. The van der Waals surface area contributed by atoms with Crippen molar-refractivity contribution in [1.82, 2.24) is 4.72 Å². The highest BCUT2D eigenvalue weighted by Gasteiger charge is 2.78. The van der Waals surface area contributed by atoms with Gasteiger partial charge in [0.25, 0.3) is 0 Å². The maximum absolute atomic E-state index is 13.6. The molecular formula is C21H22F3N3O4S. The van der Waals surface area contributed by atoms with Gasteiger partial charge in [-0.3, -0.25) is 14.4 Å². The molecule has 1 aromatic carbocycles. The molecule has 0 aliphatic carbocycles. The molecule has 7 nitrogen and oxygen atoms in total. The number of hydrogen-bond donors (Lipinski definition) is 1. The van der Waals surface area contributed by atoms with E-state index in [-0.39, 0.29) is 29.1 Å². The van der Waals surface area contributed by atoms with Gasteiger partial charge in [-0.25, -0.2) is 0 Å². The lowest BCUT2D eigenvalue weighted by Gasteiger charge is -2.45. The number of nitrogens with one attached hydrogen (secondary N) is 1. The normalized spacial score (nSPS) is 37.5. The number of hydrogen-bond acceptors (Lipinski definition) is 7. The van der Waals surface area contributed by atoms with Gasteiger partial charge in [0.1, 0.15) is 18.0 Å². The fourth-order valence-electron chi connectivity index (χ4n) is 6.01. The first-order valence-electron chi connectivity index (χ1n) is 10.5. The molecular weight excluding hydrogens is 447 g/mol. The molecule has 4 fully saturated rings. The summed E-state index contributed by atoms with van der Waals surface area (Å²) in [5, 5.41) is 9.18.